The Hall–Kier alpha value is -4.79. The van der Waals surface area contributed by atoms with E-state index in [9.17, 15) is 19.5 Å². The number of methoxy groups -OCH3 is 1. The highest BCUT2D eigenvalue weighted by atomic mass is 16.5. The number of phenols is 1. The minimum Gasteiger partial charge on any atom is -0.507 e. The van der Waals surface area contributed by atoms with E-state index in [0.717, 1.165) is 0 Å². The summed E-state index contributed by atoms with van der Waals surface area (Å²) in [6, 6.07) is 16.6. The number of benzene rings is 3. The average Bonchev–Trinajstić information content (AvgIpc) is 2.86. The maximum atomic E-state index is 13.1. The number of hydrogen-bond acceptors (Lipinski definition) is 8. The van der Waals surface area contributed by atoms with Crippen molar-refractivity contribution in [3.05, 3.63) is 82.0 Å². The van der Waals surface area contributed by atoms with Gasteiger partial charge >= 0.3 is 5.97 Å². The van der Waals surface area contributed by atoms with Gasteiger partial charge in [-0.25, -0.2) is 0 Å². The summed E-state index contributed by atoms with van der Waals surface area (Å²) >= 11 is 0. The molecule has 4 aromatic rings. The van der Waals surface area contributed by atoms with Crippen LogP contribution >= 0.6 is 0 Å². The molecule has 0 aliphatic carbocycles. The lowest BCUT2D eigenvalue weighted by Crippen LogP contribution is -2.22. The molecule has 0 saturated heterocycles. The summed E-state index contributed by atoms with van der Waals surface area (Å²) < 4.78 is 22.4. The Bertz CT molecular complexity index is 1560. The van der Waals surface area contributed by atoms with Gasteiger partial charge in [0.1, 0.15) is 28.2 Å². The molecule has 1 amide bonds. The Kier molecular flexibility index (Phi) is 5.81. The zero-order chi connectivity index (χ0) is 25.4. The number of carbonyl (C=O) groups excluding carboxylic acids is 2. The van der Waals surface area contributed by atoms with E-state index in [1.165, 1.54) is 19.2 Å². The first-order chi connectivity index (χ1) is 17.4. The molecule has 9 nitrogen and oxygen atoms in total. The van der Waals surface area contributed by atoms with Crippen LogP contribution in [0.4, 0.5) is 0 Å². The summed E-state index contributed by atoms with van der Waals surface area (Å²) in [6.07, 6.45) is -0.0618. The van der Waals surface area contributed by atoms with Gasteiger partial charge < -0.3 is 29.5 Å². The van der Waals surface area contributed by atoms with E-state index >= 15 is 0 Å². The number of aromatic hydroxyl groups is 1. The highest BCUT2D eigenvalue weighted by Gasteiger charge is 2.34. The van der Waals surface area contributed by atoms with Crippen LogP contribution in [0, 0.1) is 0 Å². The summed E-state index contributed by atoms with van der Waals surface area (Å²) in [4.78, 5) is 36.8. The third-order valence-corrected chi connectivity index (χ3v) is 5.94. The van der Waals surface area contributed by atoms with Crippen molar-refractivity contribution in [2.45, 2.75) is 12.3 Å². The molecule has 0 fully saturated rings. The Labute approximate surface area is 204 Å². The van der Waals surface area contributed by atoms with Crippen molar-refractivity contribution >= 4 is 22.8 Å². The van der Waals surface area contributed by atoms with Gasteiger partial charge in [-0.15, -0.1) is 0 Å². The Morgan fingerprint density at radius 1 is 1.08 bits per heavy atom. The fourth-order valence-electron chi connectivity index (χ4n) is 4.36. The van der Waals surface area contributed by atoms with Crippen LogP contribution in [0.15, 0.2) is 69.9 Å². The number of nitrogens with two attached hydrogens (primary N) is 1. The molecule has 5 rings (SSSR count). The van der Waals surface area contributed by atoms with Crippen molar-refractivity contribution in [2.75, 3.05) is 13.7 Å². The second kappa shape index (κ2) is 9.10. The first kappa shape index (κ1) is 23.0. The summed E-state index contributed by atoms with van der Waals surface area (Å²) in [6.45, 7) is -0.366. The number of rotatable bonds is 6. The predicted molar refractivity (Wildman–Crippen MR) is 129 cm³/mol. The Balaban J connectivity index is 1.74. The van der Waals surface area contributed by atoms with Gasteiger partial charge in [-0.3, -0.25) is 14.4 Å². The fraction of sp³-hybridized carbons (Fsp3) is 0.148. The second-order valence-corrected chi connectivity index (χ2v) is 8.25. The van der Waals surface area contributed by atoms with Gasteiger partial charge in [0.2, 0.25) is 0 Å². The van der Waals surface area contributed by atoms with Crippen molar-refractivity contribution < 1.29 is 33.3 Å². The number of amides is 1. The molecule has 0 bridgehead atoms. The van der Waals surface area contributed by atoms with E-state index in [0.29, 0.717) is 28.2 Å². The third kappa shape index (κ3) is 4.11. The van der Waals surface area contributed by atoms with Crippen molar-refractivity contribution in [3.63, 3.8) is 0 Å². The summed E-state index contributed by atoms with van der Waals surface area (Å²) in [7, 11) is 1.45. The van der Waals surface area contributed by atoms with Crippen molar-refractivity contribution in [3.8, 4) is 34.3 Å². The van der Waals surface area contributed by atoms with Crippen LogP contribution in [-0.2, 0) is 9.59 Å². The van der Waals surface area contributed by atoms with Crippen LogP contribution in [-0.4, -0.2) is 30.7 Å². The molecule has 0 unspecified atom stereocenters. The topological polar surface area (TPSA) is 138 Å². The standard InChI is InChI=1S/C27H21NO8/c1-33-19-8-7-15(9-21(19)34-13-23(28)31)16-10-24(32)35-22-12-18(30)26-17(29)11-20(36-27(26)25(16)22)14-5-3-2-4-6-14/h2-9,11-12,16,30H,10,13H2,1H3,(H2,28,31)/t16-/m0/s1. The molecule has 1 aliphatic heterocycles. The smallest absolute Gasteiger partial charge is 0.312 e. The minimum atomic E-state index is -0.661. The quantitative estimate of drug-likeness (QED) is 0.311. The SMILES string of the molecule is COc1ccc([C@@H]2CC(=O)Oc3cc(O)c4c(=O)cc(-c5ccccc5)oc4c32)cc1OCC(N)=O. The van der Waals surface area contributed by atoms with Crippen LogP contribution in [0.25, 0.3) is 22.3 Å². The van der Waals surface area contributed by atoms with E-state index in [1.54, 1.807) is 30.3 Å². The van der Waals surface area contributed by atoms with Crippen LogP contribution in [0.2, 0.25) is 0 Å². The minimum absolute atomic E-state index is 0.0184. The summed E-state index contributed by atoms with van der Waals surface area (Å²) in [5.41, 5.74) is 6.61. The van der Waals surface area contributed by atoms with Crippen LogP contribution in [0.5, 0.6) is 23.0 Å². The maximum absolute atomic E-state index is 13.1. The normalized spacial score (nSPS) is 14.7. The molecule has 36 heavy (non-hydrogen) atoms. The zero-order valence-electron chi connectivity index (χ0n) is 19.1. The average molecular weight is 487 g/mol. The molecule has 0 spiro atoms. The lowest BCUT2D eigenvalue weighted by atomic mass is 9.85. The first-order valence-electron chi connectivity index (χ1n) is 11.0. The highest BCUT2D eigenvalue weighted by molar-refractivity contribution is 5.93. The molecular formula is C27H21NO8. The lowest BCUT2D eigenvalue weighted by molar-refractivity contribution is -0.135. The molecule has 1 aromatic heterocycles. The maximum Gasteiger partial charge on any atom is 0.312 e. The van der Waals surface area contributed by atoms with Gasteiger partial charge in [0.05, 0.1) is 13.5 Å². The molecular weight excluding hydrogens is 466 g/mol. The van der Waals surface area contributed by atoms with Crippen molar-refractivity contribution in [1.82, 2.24) is 0 Å². The molecule has 0 saturated carbocycles. The second-order valence-electron chi connectivity index (χ2n) is 8.25. The van der Waals surface area contributed by atoms with E-state index in [-0.39, 0.29) is 41.2 Å². The predicted octanol–water partition coefficient (Wildman–Crippen LogP) is 3.48. The Morgan fingerprint density at radius 2 is 1.86 bits per heavy atom. The first-order valence-corrected chi connectivity index (χ1v) is 11.0. The van der Waals surface area contributed by atoms with Crippen LogP contribution in [0.3, 0.4) is 0 Å². The molecule has 0 radical (unpaired) electrons. The van der Waals surface area contributed by atoms with Crippen LogP contribution in [0.1, 0.15) is 23.5 Å². The third-order valence-electron chi connectivity index (χ3n) is 5.94. The van der Waals surface area contributed by atoms with Gasteiger partial charge in [-0.2, -0.15) is 0 Å². The van der Waals surface area contributed by atoms with Gasteiger partial charge in [0, 0.05) is 29.2 Å². The zero-order valence-corrected chi connectivity index (χ0v) is 19.1. The van der Waals surface area contributed by atoms with Crippen LogP contribution < -0.4 is 25.4 Å². The number of carbonyl (C=O) groups is 2. The van der Waals surface area contributed by atoms with Gasteiger partial charge in [0.15, 0.2) is 23.5 Å². The number of phenolic OH excluding ortho intramolecular Hbond substituents is 1. The summed E-state index contributed by atoms with van der Waals surface area (Å²) in [5, 5.41) is 10.6. The monoisotopic (exact) mass is 487 g/mol. The van der Waals surface area contributed by atoms with Crippen molar-refractivity contribution in [2.24, 2.45) is 5.73 Å². The number of esters is 1. The number of primary amides is 1. The molecule has 182 valence electrons. The molecule has 1 aliphatic rings. The molecule has 3 N–H and O–H groups in total. The number of hydrogen-bond donors (Lipinski definition) is 2. The summed E-state index contributed by atoms with van der Waals surface area (Å²) in [5.74, 6) is -1.14. The van der Waals surface area contributed by atoms with Gasteiger partial charge in [0.25, 0.3) is 5.91 Å². The largest absolute Gasteiger partial charge is 0.507 e. The van der Waals surface area contributed by atoms with E-state index < -0.39 is 23.2 Å². The van der Waals surface area contributed by atoms with E-state index in [4.69, 9.17) is 24.4 Å². The fourth-order valence-corrected chi connectivity index (χ4v) is 4.36. The number of ether oxygens (including phenoxy) is 3. The molecule has 1 atom stereocenters. The highest BCUT2D eigenvalue weighted by Crippen LogP contribution is 2.47. The molecule has 9 heteroatoms. The van der Waals surface area contributed by atoms with Crippen molar-refractivity contribution in [1.29, 1.82) is 0 Å². The van der Waals surface area contributed by atoms with E-state index in [1.807, 2.05) is 18.2 Å². The lowest BCUT2D eigenvalue weighted by Gasteiger charge is -2.26. The van der Waals surface area contributed by atoms with Gasteiger partial charge in [-0.05, 0) is 17.7 Å². The Morgan fingerprint density at radius 3 is 2.58 bits per heavy atom. The van der Waals surface area contributed by atoms with Gasteiger partial charge in [-0.1, -0.05) is 36.4 Å². The molecule has 2 heterocycles. The molecule has 3 aromatic carbocycles. The van der Waals surface area contributed by atoms with E-state index in [2.05, 4.69) is 0 Å². The number of fused-ring (bicyclic) bond motifs is 3.